The number of anilines is 1. The van der Waals surface area contributed by atoms with E-state index in [1.165, 1.54) is 23.9 Å². The fourth-order valence-electron chi connectivity index (χ4n) is 3.39. The molecule has 3 aromatic carbocycles. The number of halogens is 1. The van der Waals surface area contributed by atoms with Crippen molar-refractivity contribution in [1.82, 2.24) is 9.78 Å². The average molecular weight is 459 g/mol. The number of methoxy groups -OCH3 is 1. The highest BCUT2D eigenvalue weighted by atomic mass is 19.1. The molecule has 0 spiro atoms. The van der Waals surface area contributed by atoms with Gasteiger partial charge in [-0.1, -0.05) is 18.2 Å². The van der Waals surface area contributed by atoms with E-state index >= 15 is 0 Å². The third-order valence-corrected chi connectivity index (χ3v) is 5.01. The summed E-state index contributed by atoms with van der Waals surface area (Å²) >= 11 is 0. The Balaban J connectivity index is 1.69. The molecule has 1 N–H and O–H groups in total. The number of hydrogen-bond donors (Lipinski definition) is 1. The summed E-state index contributed by atoms with van der Waals surface area (Å²) in [5, 5.41) is 7.25. The molecule has 8 heteroatoms. The fraction of sp³-hybridized carbons (Fsp3) is 0.115. The molecule has 1 aromatic heterocycles. The second kappa shape index (κ2) is 9.99. The van der Waals surface area contributed by atoms with Gasteiger partial charge >= 0.3 is 5.97 Å². The maximum Gasteiger partial charge on any atom is 0.358 e. The molecule has 0 bridgehead atoms. The van der Waals surface area contributed by atoms with Crippen LogP contribution in [0.1, 0.15) is 27.8 Å². The average Bonchev–Trinajstić information content (AvgIpc) is 3.30. The van der Waals surface area contributed by atoms with Crippen LogP contribution in [0.2, 0.25) is 0 Å². The van der Waals surface area contributed by atoms with Gasteiger partial charge in [-0.25, -0.2) is 13.9 Å². The Morgan fingerprint density at radius 3 is 2.50 bits per heavy atom. The maximum atomic E-state index is 13.5. The number of hydrogen-bond acceptors (Lipinski definition) is 5. The van der Waals surface area contributed by atoms with Crippen molar-refractivity contribution in [3.8, 4) is 22.7 Å². The molecule has 1 amide bonds. The third-order valence-electron chi connectivity index (χ3n) is 5.01. The molecule has 4 aromatic rings. The fourth-order valence-corrected chi connectivity index (χ4v) is 3.39. The maximum absolute atomic E-state index is 13.5. The van der Waals surface area contributed by atoms with Crippen LogP contribution in [0.25, 0.3) is 16.9 Å². The van der Waals surface area contributed by atoms with Gasteiger partial charge in [0.2, 0.25) is 0 Å². The van der Waals surface area contributed by atoms with Crippen LogP contribution in [0.15, 0.2) is 78.9 Å². The van der Waals surface area contributed by atoms with E-state index in [4.69, 9.17) is 9.47 Å². The monoisotopic (exact) mass is 459 g/mol. The summed E-state index contributed by atoms with van der Waals surface area (Å²) in [6.45, 7) is 1.92. The molecule has 7 nitrogen and oxygen atoms in total. The molecule has 0 saturated heterocycles. The van der Waals surface area contributed by atoms with Crippen molar-refractivity contribution < 1.29 is 23.5 Å². The van der Waals surface area contributed by atoms with E-state index in [9.17, 15) is 14.0 Å². The van der Waals surface area contributed by atoms with Crippen molar-refractivity contribution >= 4 is 17.6 Å². The largest absolute Gasteiger partial charge is 0.497 e. The molecule has 1 heterocycles. The van der Waals surface area contributed by atoms with Crippen LogP contribution in [0, 0.1) is 5.82 Å². The lowest BCUT2D eigenvalue weighted by atomic mass is 10.1. The number of nitrogens with zero attached hydrogens (tertiary/aromatic N) is 2. The van der Waals surface area contributed by atoms with Gasteiger partial charge in [-0.05, 0) is 67.6 Å². The number of aromatic nitrogens is 2. The first-order valence-electron chi connectivity index (χ1n) is 10.6. The molecule has 0 atom stereocenters. The van der Waals surface area contributed by atoms with E-state index in [0.29, 0.717) is 33.9 Å². The van der Waals surface area contributed by atoms with Gasteiger partial charge in [0.15, 0.2) is 5.69 Å². The van der Waals surface area contributed by atoms with Crippen LogP contribution in [-0.4, -0.2) is 35.4 Å². The zero-order valence-corrected chi connectivity index (χ0v) is 18.6. The lowest BCUT2D eigenvalue weighted by molar-refractivity contribution is 0.0519. The van der Waals surface area contributed by atoms with Gasteiger partial charge in [0.25, 0.3) is 5.91 Å². The van der Waals surface area contributed by atoms with E-state index in [2.05, 4.69) is 10.4 Å². The minimum absolute atomic E-state index is 0.118. The second-order valence-electron chi connectivity index (χ2n) is 7.29. The Hall–Kier alpha value is -4.46. The summed E-state index contributed by atoms with van der Waals surface area (Å²) in [7, 11) is 1.54. The number of esters is 1. The molecule has 172 valence electrons. The highest BCUT2D eigenvalue weighted by molar-refractivity contribution is 6.04. The minimum atomic E-state index is -0.563. The van der Waals surface area contributed by atoms with Crippen LogP contribution in [-0.2, 0) is 4.74 Å². The Labute approximate surface area is 195 Å². The molecule has 34 heavy (non-hydrogen) atoms. The number of ether oxygens (including phenoxy) is 2. The molecular weight excluding hydrogens is 437 g/mol. The van der Waals surface area contributed by atoms with Crippen molar-refractivity contribution in [3.63, 3.8) is 0 Å². The summed E-state index contributed by atoms with van der Waals surface area (Å²) in [5.74, 6) is -0.663. The SMILES string of the molecule is CCOC(=O)c1cc(-c2cccc(NC(=O)c3cccc(OC)c3)c2)n(-c2ccc(F)cc2)n1. The van der Waals surface area contributed by atoms with Crippen LogP contribution in [0.5, 0.6) is 5.75 Å². The number of benzene rings is 3. The standard InChI is InChI=1S/C26H22FN3O4/c1-3-34-26(32)23-16-24(30(29-23)21-12-10-19(27)11-13-21)17-6-4-8-20(14-17)28-25(31)18-7-5-9-22(15-18)33-2/h4-16H,3H2,1-2H3,(H,28,31). The van der Waals surface area contributed by atoms with Crippen molar-refractivity contribution in [3.05, 3.63) is 95.9 Å². The molecule has 0 saturated carbocycles. The predicted octanol–water partition coefficient (Wildman–Crippen LogP) is 5.12. The van der Waals surface area contributed by atoms with E-state index < -0.39 is 5.97 Å². The summed E-state index contributed by atoms with van der Waals surface area (Å²) in [6, 6.07) is 21.3. The van der Waals surface area contributed by atoms with Gasteiger partial charge in [0.05, 0.1) is 25.1 Å². The Kier molecular flexibility index (Phi) is 6.68. The van der Waals surface area contributed by atoms with Gasteiger partial charge in [-0.3, -0.25) is 4.79 Å². The lowest BCUT2D eigenvalue weighted by Crippen LogP contribution is -2.12. The quantitative estimate of drug-likeness (QED) is 0.388. The first-order chi connectivity index (χ1) is 16.5. The van der Waals surface area contributed by atoms with E-state index in [1.54, 1.807) is 67.6 Å². The summed E-state index contributed by atoms with van der Waals surface area (Å²) in [4.78, 5) is 25.1. The smallest absolute Gasteiger partial charge is 0.358 e. The zero-order valence-electron chi connectivity index (χ0n) is 18.6. The topological polar surface area (TPSA) is 82.5 Å². The van der Waals surface area contributed by atoms with E-state index in [-0.39, 0.29) is 24.0 Å². The van der Waals surface area contributed by atoms with Crippen LogP contribution in [0.3, 0.4) is 0 Å². The summed E-state index contributed by atoms with van der Waals surface area (Å²) < 4.78 is 25.3. The minimum Gasteiger partial charge on any atom is -0.497 e. The first kappa shape index (κ1) is 22.7. The number of carbonyl (C=O) groups is 2. The van der Waals surface area contributed by atoms with Crippen molar-refractivity contribution in [1.29, 1.82) is 0 Å². The van der Waals surface area contributed by atoms with Gasteiger partial charge in [0, 0.05) is 16.8 Å². The van der Waals surface area contributed by atoms with E-state index in [0.717, 1.165) is 0 Å². The molecule has 4 rings (SSSR count). The van der Waals surface area contributed by atoms with Crippen LogP contribution in [0.4, 0.5) is 10.1 Å². The Morgan fingerprint density at radius 1 is 1.00 bits per heavy atom. The van der Waals surface area contributed by atoms with Crippen LogP contribution >= 0.6 is 0 Å². The molecule has 0 unspecified atom stereocenters. The lowest BCUT2D eigenvalue weighted by Gasteiger charge is -2.10. The second-order valence-corrected chi connectivity index (χ2v) is 7.29. The van der Waals surface area contributed by atoms with Gasteiger partial charge in [0.1, 0.15) is 11.6 Å². The van der Waals surface area contributed by atoms with Gasteiger partial charge in [-0.2, -0.15) is 5.10 Å². The summed E-state index contributed by atoms with van der Waals surface area (Å²) in [6.07, 6.45) is 0. The van der Waals surface area contributed by atoms with Crippen molar-refractivity contribution in [2.75, 3.05) is 19.0 Å². The molecular formula is C26H22FN3O4. The number of carbonyl (C=O) groups excluding carboxylic acids is 2. The van der Waals surface area contributed by atoms with Crippen molar-refractivity contribution in [2.45, 2.75) is 6.92 Å². The Morgan fingerprint density at radius 2 is 1.76 bits per heavy atom. The van der Waals surface area contributed by atoms with Crippen molar-refractivity contribution in [2.24, 2.45) is 0 Å². The first-order valence-corrected chi connectivity index (χ1v) is 10.6. The predicted molar refractivity (Wildman–Crippen MR) is 126 cm³/mol. The number of nitrogens with one attached hydrogen (secondary N) is 1. The summed E-state index contributed by atoms with van der Waals surface area (Å²) in [5.41, 5.74) is 2.95. The molecule has 0 aliphatic heterocycles. The molecule has 0 aliphatic rings. The zero-order chi connectivity index (χ0) is 24.1. The highest BCUT2D eigenvalue weighted by Crippen LogP contribution is 2.27. The molecule has 0 fully saturated rings. The van der Waals surface area contributed by atoms with Gasteiger partial charge in [-0.15, -0.1) is 0 Å². The third kappa shape index (κ3) is 4.96. The molecule has 0 aliphatic carbocycles. The highest BCUT2D eigenvalue weighted by Gasteiger charge is 2.18. The van der Waals surface area contributed by atoms with E-state index in [1.807, 2.05) is 6.07 Å². The van der Waals surface area contributed by atoms with Crippen LogP contribution < -0.4 is 10.1 Å². The number of rotatable bonds is 7. The molecule has 0 radical (unpaired) electrons. The Bertz CT molecular complexity index is 1330. The number of amides is 1. The normalized spacial score (nSPS) is 10.6. The van der Waals surface area contributed by atoms with Gasteiger partial charge < -0.3 is 14.8 Å².